The summed E-state index contributed by atoms with van der Waals surface area (Å²) in [6, 6.07) is 25.8. The molecule has 0 bridgehead atoms. The average molecular weight is 725 g/mol. The average Bonchev–Trinajstić information content (AvgIpc) is 3.63. The highest BCUT2D eigenvalue weighted by Crippen LogP contribution is 2.36. The van der Waals surface area contributed by atoms with Gasteiger partial charge in [-0.3, -0.25) is 13.9 Å². The molecule has 1 atom stereocenters. The SMILES string of the molecule is COc1ccc(OC)c(N(CC(=O)N(Cc2ccc(Cl)cc2Cl)[C@@H](Cc2ccccc2)C(=O)NC2CCCC2)S(=O)(=O)c2ccccc2)c1. The van der Waals surface area contributed by atoms with Gasteiger partial charge in [0.2, 0.25) is 11.8 Å². The summed E-state index contributed by atoms with van der Waals surface area (Å²) in [6.07, 6.45) is 3.89. The van der Waals surface area contributed by atoms with Crippen molar-refractivity contribution in [2.24, 2.45) is 0 Å². The molecule has 4 aromatic carbocycles. The fourth-order valence-corrected chi connectivity index (χ4v) is 7.89. The summed E-state index contributed by atoms with van der Waals surface area (Å²) in [4.78, 5) is 30.4. The molecular weight excluding hydrogens is 685 g/mol. The number of sulfonamides is 1. The standard InChI is InChI=1S/C37H39Cl2N3O6S/c1-47-30-19-20-35(48-2)33(23-30)42(49(45,46)31-15-7-4-8-16-31)25-36(43)41(24-27-17-18-28(38)22-32(27)39)34(21-26-11-5-3-6-12-26)37(44)40-29-13-9-10-14-29/h3-8,11-12,15-20,22-23,29,34H,9-10,13-14,21,24-25H2,1-2H3,(H,40,44)/t34-/m0/s1. The van der Waals surface area contributed by atoms with Crippen molar-refractivity contribution in [2.45, 2.75) is 55.6 Å². The van der Waals surface area contributed by atoms with Gasteiger partial charge < -0.3 is 19.7 Å². The molecule has 9 nitrogen and oxygen atoms in total. The zero-order valence-electron chi connectivity index (χ0n) is 27.4. The second-order valence-corrected chi connectivity index (χ2v) is 14.5. The summed E-state index contributed by atoms with van der Waals surface area (Å²) in [5.74, 6) is -0.386. The highest BCUT2D eigenvalue weighted by atomic mass is 35.5. The zero-order valence-corrected chi connectivity index (χ0v) is 29.7. The predicted molar refractivity (Wildman–Crippen MR) is 192 cm³/mol. The van der Waals surface area contributed by atoms with Crippen LogP contribution in [0.5, 0.6) is 11.5 Å². The van der Waals surface area contributed by atoms with Crippen molar-refractivity contribution >= 4 is 50.7 Å². The molecule has 0 aliphatic heterocycles. The van der Waals surface area contributed by atoms with E-state index in [4.69, 9.17) is 32.7 Å². The molecule has 12 heteroatoms. The smallest absolute Gasteiger partial charge is 0.264 e. The minimum absolute atomic E-state index is 0.0159. The Balaban J connectivity index is 1.62. The van der Waals surface area contributed by atoms with Crippen LogP contribution in [0.4, 0.5) is 5.69 Å². The molecule has 2 amide bonds. The van der Waals surface area contributed by atoms with E-state index in [1.165, 1.54) is 37.3 Å². The molecule has 1 aliphatic rings. The van der Waals surface area contributed by atoms with Crippen LogP contribution < -0.4 is 19.1 Å². The van der Waals surface area contributed by atoms with Crippen molar-refractivity contribution < 1.29 is 27.5 Å². The van der Waals surface area contributed by atoms with Crippen LogP contribution >= 0.6 is 23.2 Å². The highest BCUT2D eigenvalue weighted by molar-refractivity contribution is 7.92. The maximum Gasteiger partial charge on any atom is 0.264 e. The molecule has 0 saturated heterocycles. The summed E-state index contributed by atoms with van der Waals surface area (Å²) >= 11 is 12.8. The third kappa shape index (κ3) is 8.86. The van der Waals surface area contributed by atoms with Crippen LogP contribution in [-0.2, 0) is 32.6 Å². The van der Waals surface area contributed by atoms with Crippen molar-refractivity contribution in [3.63, 3.8) is 0 Å². The third-order valence-corrected chi connectivity index (χ3v) is 11.0. The summed E-state index contributed by atoms with van der Waals surface area (Å²) in [5.41, 5.74) is 1.47. The number of anilines is 1. The van der Waals surface area contributed by atoms with Gasteiger partial charge in [0.25, 0.3) is 10.0 Å². The van der Waals surface area contributed by atoms with Crippen LogP contribution in [-0.4, -0.2) is 58.0 Å². The lowest BCUT2D eigenvalue weighted by Crippen LogP contribution is -2.54. The molecule has 258 valence electrons. The van der Waals surface area contributed by atoms with Crippen molar-refractivity contribution in [2.75, 3.05) is 25.1 Å². The molecule has 1 aliphatic carbocycles. The Kier molecular flexibility index (Phi) is 12.1. The third-order valence-electron chi connectivity index (χ3n) is 8.59. The first-order chi connectivity index (χ1) is 23.6. The van der Waals surface area contributed by atoms with Gasteiger partial charge in [0, 0.05) is 35.1 Å². The van der Waals surface area contributed by atoms with Gasteiger partial charge >= 0.3 is 0 Å². The lowest BCUT2D eigenvalue weighted by molar-refractivity contribution is -0.140. The number of carbonyl (C=O) groups excluding carboxylic acids is 2. The second kappa shape index (κ2) is 16.4. The number of benzene rings is 4. The van der Waals surface area contributed by atoms with Gasteiger partial charge in [-0.15, -0.1) is 0 Å². The summed E-state index contributed by atoms with van der Waals surface area (Å²) < 4.78 is 40.8. The lowest BCUT2D eigenvalue weighted by Gasteiger charge is -2.34. The monoisotopic (exact) mass is 723 g/mol. The number of amides is 2. The zero-order chi connectivity index (χ0) is 35.0. The molecular formula is C37H39Cl2N3O6S. The Hall–Kier alpha value is -4.25. The Bertz CT molecular complexity index is 1850. The molecule has 0 radical (unpaired) electrons. The van der Waals surface area contributed by atoms with Gasteiger partial charge in [0.05, 0.1) is 24.8 Å². The number of rotatable bonds is 14. The van der Waals surface area contributed by atoms with Gasteiger partial charge in [-0.05, 0) is 60.4 Å². The van der Waals surface area contributed by atoms with Crippen molar-refractivity contribution in [3.05, 3.63) is 118 Å². The molecule has 0 aromatic heterocycles. The number of carbonyl (C=O) groups is 2. The molecule has 0 spiro atoms. The van der Waals surface area contributed by atoms with E-state index in [9.17, 15) is 18.0 Å². The van der Waals surface area contributed by atoms with Crippen LogP contribution in [0.2, 0.25) is 10.0 Å². The molecule has 0 heterocycles. The highest BCUT2D eigenvalue weighted by Gasteiger charge is 2.36. The molecule has 5 rings (SSSR count). The van der Waals surface area contributed by atoms with Crippen molar-refractivity contribution in [3.8, 4) is 11.5 Å². The fourth-order valence-electron chi connectivity index (χ4n) is 5.98. The second-order valence-electron chi connectivity index (χ2n) is 11.8. The summed E-state index contributed by atoms with van der Waals surface area (Å²) in [7, 11) is -1.47. The first-order valence-electron chi connectivity index (χ1n) is 16.0. The number of hydrogen-bond donors (Lipinski definition) is 1. The Morgan fingerprint density at radius 1 is 0.878 bits per heavy atom. The predicted octanol–water partition coefficient (Wildman–Crippen LogP) is 6.90. The molecule has 1 N–H and O–H groups in total. The first kappa shape index (κ1) is 36.0. The molecule has 0 unspecified atom stereocenters. The van der Waals surface area contributed by atoms with Crippen LogP contribution in [0.1, 0.15) is 36.8 Å². The van der Waals surface area contributed by atoms with Gasteiger partial charge in [0.1, 0.15) is 24.1 Å². The fraction of sp³-hybridized carbons (Fsp3) is 0.297. The Labute approximate surface area is 297 Å². The van der Waals surface area contributed by atoms with Crippen LogP contribution in [0.25, 0.3) is 0 Å². The normalized spacial score (nSPS) is 13.8. The minimum atomic E-state index is -4.34. The molecule has 49 heavy (non-hydrogen) atoms. The Morgan fingerprint density at radius 2 is 1.55 bits per heavy atom. The number of nitrogens with zero attached hydrogens (tertiary/aromatic N) is 2. The first-order valence-corrected chi connectivity index (χ1v) is 18.2. The van der Waals surface area contributed by atoms with Crippen LogP contribution in [0.15, 0.2) is 102 Å². The van der Waals surface area contributed by atoms with E-state index in [0.717, 1.165) is 35.6 Å². The molecule has 4 aromatic rings. The maximum absolute atomic E-state index is 14.8. The maximum atomic E-state index is 14.8. The minimum Gasteiger partial charge on any atom is -0.497 e. The van der Waals surface area contributed by atoms with E-state index >= 15 is 0 Å². The van der Waals surface area contributed by atoms with Gasteiger partial charge in [0.15, 0.2) is 0 Å². The topological polar surface area (TPSA) is 105 Å². The lowest BCUT2D eigenvalue weighted by atomic mass is 10.0. The summed E-state index contributed by atoms with van der Waals surface area (Å²) in [5, 5.41) is 3.89. The number of halogens is 2. The van der Waals surface area contributed by atoms with Crippen molar-refractivity contribution in [1.82, 2.24) is 10.2 Å². The molecule has 1 fully saturated rings. The number of ether oxygens (including phenoxy) is 2. The summed E-state index contributed by atoms with van der Waals surface area (Å²) in [6.45, 7) is -0.743. The van der Waals surface area contributed by atoms with E-state index in [-0.39, 0.29) is 41.2 Å². The Morgan fingerprint density at radius 3 is 2.18 bits per heavy atom. The molecule has 1 saturated carbocycles. The van der Waals surface area contributed by atoms with E-state index < -0.39 is 28.5 Å². The van der Waals surface area contributed by atoms with Crippen LogP contribution in [0.3, 0.4) is 0 Å². The van der Waals surface area contributed by atoms with Gasteiger partial charge in [-0.2, -0.15) is 0 Å². The van der Waals surface area contributed by atoms with Crippen LogP contribution in [0, 0.1) is 0 Å². The van der Waals surface area contributed by atoms with E-state index in [0.29, 0.717) is 21.4 Å². The number of hydrogen-bond acceptors (Lipinski definition) is 6. The van der Waals surface area contributed by atoms with Gasteiger partial charge in [-0.25, -0.2) is 8.42 Å². The van der Waals surface area contributed by atoms with Crippen molar-refractivity contribution in [1.29, 1.82) is 0 Å². The van der Waals surface area contributed by atoms with E-state index in [1.54, 1.807) is 48.5 Å². The number of methoxy groups -OCH3 is 2. The quantitative estimate of drug-likeness (QED) is 0.152. The number of nitrogens with one attached hydrogen (secondary N) is 1. The largest absolute Gasteiger partial charge is 0.497 e. The van der Waals surface area contributed by atoms with E-state index in [2.05, 4.69) is 5.32 Å². The van der Waals surface area contributed by atoms with Gasteiger partial charge in [-0.1, -0.05) is 90.6 Å². The van der Waals surface area contributed by atoms with E-state index in [1.807, 2.05) is 30.3 Å².